The van der Waals surface area contributed by atoms with Crippen LogP contribution in [-0.2, 0) is 26.2 Å². The lowest BCUT2D eigenvalue weighted by molar-refractivity contribution is -0.139. The summed E-state index contributed by atoms with van der Waals surface area (Å²) in [7, 11) is -3.78. The molecule has 2 aromatic carbocycles. The quantitative estimate of drug-likeness (QED) is 0.589. The number of amides is 2. The number of sulfonamides is 1. The Morgan fingerprint density at radius 1 is 1.06 bits per heavy atom. The van der Waals surface area contributed by atoms with E-state index in [4.69, 9.17) is 23.2 Å². The first-order valence-corrected chi connectivity index (χ1v) is 12.2. The van der Waals surface area contributed by atoms with Crippen LogP contribution in [0.25, 0.3) is 0 Å². The molecule has 2 rings (SSSR count). The third kappa shape index (κ3) is 6.85. The lowest BCUT2D eigenvalue weighted by Gasteiger charge is -2.31. The van der Waals surface area contributed by atoms with Crippen molar-refractivity contribution in [2.75, 3.05) is 23.7 Å². The molecule has 0 unspecified atom stereocenters. The molecular weight excluding hydrogens is 461 g/mol. The smallest absolute Gasteiger partial charge is 0.244 e. The predicted octanol–water partition coefficient (Wildman–Crippen LogP) is 3.31. The molecule has 2 aromatic rings. The predicted molar refractivity (Wildman–Crippen MR) is 124 cm³/mol. The highest BCUT2D eigenvalue weighted by molar-refractivity contribution is 7.92. The first kappa shape index (κ1) is 25.0. The van der Waals surface area contributed by atoms with E-state index >= 15 is 0 Å². The molecular formula is C21H25Cl2N3O4S. The van der Waals surface area contributed by atoms with Crippen molar-refractivity contribution in [1.29, 1.82) is 0 Å². The van der Waals surface area contributed by atoms with Crippen molar-refractivity contribution in [3.8, 4) is 0 Å². The minimum absolute atomic E-state index is 0.0506. The second-order valence-corrected chi connectivity index (χ2v) is 9.68. The number of nitrogens with one attached hydrogen (secondary N) is 1. The zero-order valence-electron chi connectivity index (χ0n) is 17.5. The number of rotatable bonds is 9. The van der Waals surface area contributed by atoms with Gasteiger partial charge in [-0.3, -0.25) is 13.9 Å². The van der Waals surface area contributed by atoms with E-state index in [0.29, 0.717) is 27.8 Å². The Bertz CT molecular complexity index is 1030. The maximum absolute atomic E-state index is 13.3. The van der Waals surface area contributed by atoms with Gasteiger partial charge < -0.3 is 10.2 Å². The molecule has 0 saturated carbocycles. The Balaban J connectivity index is 2.38. The van der Waals surface area contributed by atoms with E-state index < -0.39 is 28.5 Å². The minimum atomic E-state index is -3.78. The monoisotopic (exact) mass is 485 g/mol. The van der Waals surface area contributed by atoms with Gasteiger partial charge in [-0.1, -0.05) is 41.4 Å². The van der Waals surface area contributed by atoms with E-state index in [2.05, 4.69) is 5.32 Å². The first-order valence-electron chi connectivity index (χ1n) is 9.58. The third-order valence-electron chi connectivity index (χ3n) is 4.61. The van der Waals surface area contributed by atoms with Gasteiger partial charge in [-0.2, -0.15) is 0 Å². The van der Waals surface area contributed by atoms with Gasteiger partial charge >= 0.3 is 0 Å². The summed E-state index contributed by atoms with van der Waals surface area (Å²) in [6.07, 6.45) is 1.01. The topological polar surface area (TPSA) is 86.8 Å². The van der Waals surface area contributed by atoms with Gasteiger partial charge in [-0.25, -0.2) is 8.42 Å². The average Bonchev–Trinajstić information content (AvgIpc) is 2.71. The lowest BCUT2D eigenvalue weighted by Crippen LogP contribution is -2.51. The van der Waals surface area contributed by atoms with Crippen molar-refractivity contribution >= 4 is 50.7 Å². The summed E-state index contributed by atoms with van der Waals surface area (Å²) >= 11 is 12.1. The number of likely N-dealkylation sites (N-methyl/N-ethyl adjacent to an activating group) is 1. The first-order chi connectivity index (χ1) is 14.5. The van der Waals surface area contributed by atoms with Gasteiger partial charge in [0.1, 0.15) is 12.6 Å². The van der Waals surface area contributed by atoms with Gasteiger partial charge in [0.25, 0.3) is 0 Å². The molecule has 0 bridgehead atoms. The van der Waals surface area contributed by atoms with Crippen LogP contribution in [0, 0.1) is 0 Å². The Morgan fingerprint density at radius 3 is 2.23 bits per heavy atom. The van der Waals surface area contributed by atoms with Gasteiger partial charge in [0.15, 0.2) is 0 Å². The molecule has 0 spiro atoms. The van der Waals surface area contributed by atoms with Crippen LogP contribution in [0.3, 0.4) is 0 Å². The highest BCUT2D eigenvalue weighted by Gasteiger charge is 2.30. The number of benzene rings is 2. The van der Waals surface area contributed by atoms with Crippen LogP contribution in [0.5, 0.6) is 0 Å². The van der Waals surface area contributed by atoms with Crippen LogP contribution in [-0.4, -0.2) is 50.5 Å². The van der Waals surface area contributed by atoms with Gasteiger partial charge in [0.2, 0.25) is 21.8 Å². The molecule has 0 saturated heterocycles. The summed E-state index contributed by atoms with van der Waals surface area (Å²) in [6, 6.07) is 12.2. The maximum atomic E-state index is 13.3. The average molecular weight is 486 g/mol. The highest BCUT2D eigenvalue weighted by Crippen LogP contribution is 2.22. The molecule has 0 aliphatic heterocycles. The molecule has 0 heterocycles. The number of nitrogens with zero attached hydrogens (tertiary/aromatic N) is 2. The Kier molecular flexibility index (Phi) is 8.73. The number of hydrogen-bond acceptors (Lipinski definition) is 4. The van der Waals surface area contributed by atoms with E-state index in [9.17, 15) is 18.0 Å². The number of carbonyl (C=O) groups is 2. The fraction of sp³-hybridized carbons (Fsp3) is 0.333. The Morgan fingerprint density at radius 2 is 1.68 bits per heavy atom. The van der Waals surface area contributed by atoms with Crippen molar-refractivity contribution < 1.29 is 18.0 Å². The molecule has 0 aromatic heterocycles. The standard InChI is InChI=1S/C21H25Cl2N3O4S/c1-4-24-21(28)15(2)25(13-16-7-5-6-8-19(16)23)20(27)14-26(31(3,29)30)18-11-9-17(22)10-12-18/h5-12,15H,4,13-14H2,1-3H3,(H,24,28)/t15-/m1/s1. The Hall–Kier alpha value is -2.29. The van der Waals surface area contributed by atoms with E-state index in [0.717, 1.165) is 10.6 Å². The van der Waals surface area contributed by atoms with Crippen LogP contribution in [0.4, 0.5) is 5.69 Å². The fourth-order valence-electron chi connectivity index (χ4n) is 2.94. The van der Waals surface area contributed by atoms with Crippen LogP contribution >= 0.6 is 23.2 Å². The highest BCUT2D eigenvalue weighted by atomic mass is 35.5. The van der Waals surface area contributed by atoms with Crippen LogP contribution in [0.15, 0.2) is 48.5 Å². The molecule has 0 radical (unpaired) electrons. The third-order valence-corrected chi connectivity index (χ3v) is 6.37. The molecule has 1 N–H and O–H groups in total. The maximum Gasteiger partial charge on any atom is 0.244 e. The largest absolute Gasteiger partial charge is 0.355 e. The summed E-state index contributed by atoms with van der Waals surface area (Å²) in [4.78, 5) is 27.1. The van der Waals surface area contributed by atoms with Crippen molar-refractivity contribution in [2.24, 2.45) is 0 Å². The van der Waals surface area contributed by atoms with Crippen molar-refractivity contribution in [3.63, 3.8) is 0 Å². The van der Waals surface area contributed by atoms with Gasteiger partial charge in [-0.05, 0) is 49.7 Å². The number of hydrogen-bond donors (Lipinski definition) is 1. The second kappa shape index (κ2) is 10.8. The summed E-state index contributed by atoms with van der Waals surface area (Å²) < 4.78 is 25.8. The zero-order chi connectivity index (χ0) is 23.2. The van der Waals surface area contributed by atoms with Crippen LogP contribution in [0.2, 0.25) is 10.0 Å². The lowest BCUT2D eigenvalue weighted by atomic mass is 10.1. The molecule has 0 aliphatic rings. The molecule has 168 valence electrons. The van der Waals surface area contributed by atoms with E-state index in [1.807, 2.05) is 0 Å². The van der Waals surface area contributed by atoms with Crippen molar-refractivity contribution in [2.45, 2.75) is 26.4 Å². The molecule has 0 fully saturated rings. The molecule has 0 aliphatic carbocycles. The molecule has 10 heteroatoms. The fourth-order valence-corrected chi connectivity index (χ4v) is 4.11. The van der Waals surface area contributed by atoms with E-state index in [1.165, 1.54) is 17.0 Å². The number of halogens is 2. The number of carbonyl (C=O) groups excluding carboxylic acids is 2. The SMILES string of the molecule is CCNC(=O)[C@@H](C)N(Cc1ccccc1Cl)C(=O)CN(c1ccc(Cl)cc1)S(C)(=O)=O. The summed E-state index contributed by atoms with van der Waals surface area (Å²) in [5, 5.41) is 3.57. The van der Waals surface area contributed by atoms with Crippen molar-refractivity contribution in [3.05, 3.63) is 64.1 Å². The van der Waals surface area contributed by atoms with Crippen molar-refractivity contribution in [1.82, 2.24) is 10.2 Å². The molecule has 31 heavy (non-hydrogen) atoms. The summed E-state index contributed by atoms with van der Waals surface area (Å²) in [6.45, 7) is 3.34. The van der Waals surface area contributed by atoms with Crippen LogP contribution < -0.4 is 9.62 Å². The van der Waals surface area contributed by atoms with E-state index in [-0.39, 0.29) is 12.5 Å². The molecule has 1 atom stereocenters. The normalized spacial score (nSPS) is 12.2. The molecule has 7 nitrogen and oxygen atoms in total. The van der Waals surface area contributed by atoms with Gasteiger partial charge in [0, 0.05) is 23.1 Å². The number of anilines is 1. The van der Waals surface area contributed by atoms with Crippen LogP contribution in [0.1, 0.15) is 19.4 Å². The zero-order valence-corrected chi connectivity index (χ0v) is 19.8. The summed E-state index contributed by atoms with van der Waals surface area (Å²) in [5.41, 5.74) is 0.940. The van der Waals surface area contributed by atoms with Gasteiger partial charge in [0.05, 0.1) is 11.9 Å². The minimum Gasteiger partial charge on any atom is -0.355 e. The molecule has 2 amide bonds. The van der Waals surface area contributed by atoms with Gasteiger partial charge in [-0.15, -0.1) is 0 Å². The van der Waals surface area contributed by atoms with E-state index in [1.54, 1.807) is 50.2 Å². The Labute approximate surface area is 193 Å². The second-order valence-electron chi connectivity index (χ2n) is 6.93. The summed E-state index contributed by atoms with van der Waals surface area (Å²) in [5.74, 6) is -0.889.